The number of hydrogen-bond donors (Lipinski definition) is 2. The van der Waals surface area contributed by atoms with Gasteiger partial charge in [0.25, 0.3) is 5.56 Å². The van der Waals surface area contributed by atoms with Crippen LogP contribution in [-0.2, 0) is 14.3 Å². The average Bonchev–Trinajstić information content (AvgIpc) is 2.78. The molecular formula is C26H36N4O5. The van der Waals surface area contributed by atoms with Crippen molar-refractivity contribution >= 4 is 17.6 Å². The normalized spacial score (nSPS) is 17.8. The van der Waals surface area contributed by atoms with E-state index in [2.05, 4.69) is 22.1 Å². The van der Waals surface area contributed by atoms with Gasteiger partial charge in [0.2, 0.25) is 5.91 Å². The van der Waals surface area contributed by atoms with Crippen LogP contribution in [0.4, 0.5) is 5.69 Å². The van der Waals surface area contributed by atoms with Gasteiger partial charge in [0.1, 0.15) is 6.04 Å². The number of anilines is 1. The lowest BCUT2D eigenvalue weighted by Crippen LogP contribution is -2.44. The number of nitrogens with zero attached hydrogens (tertiary/aromatic N) is 3. The van der Waals surface area contributed by atoms with Gasteiger partial charge in [0, 0.05) is 31.0 Å². The predicted molar refractivity (Wildman–Crippen MR) is 134 cm³/mol. The summed E-state index contributed by atoms with van der Waals surface area (Å²) in [5.74, 6) is -1.28. The Hall–Kier alpha value is -3.20. The zero-order valence-electron chi connectivity index (χ0n) is 21.2. The third-order valence-electron chi connectivity index (χ3n) is 6.29. The SMILES string of the molecule is Cc1ccn(C(CC(C)C)C(=O)NC(CC(=O)O)c2cnc(C)c(N3CCOC[C@@H]3C)c2)c(=O)c1. The summed E-state index contributed by atoms with van der Waals surface area (Å²) >= 11 is 0. The molecule has 2 unspecified atom stereocenters. The number of aliphatic carboxylic acids is 1. The van der Waals surface area contributed by atoms with Gasteiger partial charge in [-0.2, -0.15) is 0 Å². The molecule has 1 aliphatic rings. The highest BCUT2D eigenvalue weighted by Crippen LogP contribution is 2.28. The molecule has 3 heterocycles. The molecule has 2 aromatic rings. The third-order valence-corrected chi connectivity index (χ3v) is 6.29. The van der Waals surface area contributed by atoms with E-state index < -0.39 is 24.0 Å². The number of rotatable bonds is 9. The number of nitrogens with one attached hydrogen (secondary N) is 1. The molecule has 9 heteroatoms. The summed E-state index contributed by atoms with van der Waals surface area (Å²) in [6.45, 7) is 11.7. The van der Waals surface area contributed by atoms with Crippen molar-refractivity contribution in [2.75, 3.05) is 24.7 Å². The molecule has 1 saturated heterocycles. The molecule has 0 bridgehead atoms. The smallest absolute Gasteiger partial charge is 0.305 e. The summed E-state index contributed by atoms with van der Waals surface area (Å²) in [4.78, 5) is 44.6. The first-order chi connectivity index (χ1) is 16.6. The molecule has 2 aromatic heterocycles. The molecule has 3 atom stereocenters. The van der Waals surface area contributed by atoms with E-state index in [1.807, 2.05) is 33.8 Å². The Balaban J connectivity index is 1.94. The number of aromatic nitrogens is 2. The van der Waals surface area contributed by atoms with Gasteiger partial charge in [-0.05, 0) is 56.4 Å². The van der Waals surface area contributed by atoms with Gasteiger partial charge < -0.3 is 24.6 Å². The fourth-order valence-corrected chi connectivity index (χ4v) is 4.44. The van der Waals surface area contributed by atoms with Gasteiger partial charge in [-0.1, -0.05) is 13.8 Å². The molecule has 1 fully saturated rings. The van der Waals surface area contributed by atoms with Crippen LogP contribution >= 0.6 is 0 Å². The first-order valence-electron chi connectivity index (χ1n) is 12.1. The van der Waals surface area contributed by atoms with Crippen LogP contribution in [0.1, 0.15) is 62.5 Å². The molecule has 3 rings (SSSR count). The summed E-state index contributed by atoms with van der Waals surface area (Å²) < 4.78 is 6.97. The van der Waals surface area contributed by atoms with Crippen LogP contribution in [0.25, 0.3) is 0 Å². The molecule has 35 heavy (non-hydrogen) atoms. The molecule has 2 N–H and O–H groups in total. The average molecular weight is 485 g/mol. The number of carbonyl (C=O) groups excluding carboxylic acids is 1. The van der Waals surface area contributed by atoms with Gasteiger partial charge >= 0.3 is 5.97 Å². The maximum atomic E-state index is 13.5. The van der Waals surface area contributed by atoms with Crippen LogP contribution < -0.4 is 15.8 Å². The van der Waals surface area contributed by atoms with E-state index in [1.165, 1.54) is 10.6 Å². The number of morpholine rings is 1. The van der Waals surface area contributed by atoms with Crippen LogP contribution in [0.15, 0.2) is 35.4 Å². The summed E-state index contributed by atoms with van der Waals surface area (Å²) in [5.41, 5.74) is 2.89. The standard InChI is InChI=1S/C26H36N4O5/c1-16(2)10-23(30-7-6-17(3)11-24(30)31)26(34)28-21(13-25(32)33)20-12-22(19(5)27-14-20)29-8-9-35-15-18(29)4/h6-7,11-12,14,16,18,21,23H,8-10,13,15H2,1-5H3,(H,28,34)(H,32,33)/t18-,21?,23?/m0/s1. The van der Waals surface area contributed by atoms with E-state index in [0.717, 1.165) is 16.9 Å². The van der Waals surface area contributed by atoms with Crippen LogP contribution in [-0.4, -0.2) is 52.3 Å². The molecule has 9 nitrogen and oxygen atoms in total. The van der Waals surface area contributed by atoms with E-state index in [0.29, 0.717) is 31.7 Å². The van der Waals surface area contributed by atoms with Crippen LogP contribution in [0.3, 0.4) is 0 Å². The molecule has 0 aromatic carbocycles. The van der Waals surface area contributed by atoms with Crippen LogP contribution in [0.5, 0.6) is 0 Å². The van der Waals surface area contributed by atoms with Crippen molar-refractivity contribution in [1.82, 2.24) is 14.9 Å². The number of carboxylic acid groups (broad SMARTS) is 1. The summed E-state index contributed by atoms with van der Waals surface area (Å²) in [6, 6.07) is 3.80. The molecule has 0 radical (unpaired) electrons. The maximum absolute atomic E-state index is 13.5. The summed E-state index contributed by atoms with van der Waals surface area (Å²) in [6.07, 6.45) is 3.39. The number of carboxylic acids is 1. The first-order valence-corrected chi connectivity index (χ1v) is 12.1. The second kappa shape index (κ2) is 11.5. The number of carbonyl (C=O) groups is 2. The minimum Gasteiger partial charge on any atom is -0.481 e. The summed E-state index contributed by atoms with van der Waals surface area (Å²) in [5, 5.41) is 12.5. The maximum Gasteiger partial charge on any atom is 0.305 e. The summed E-state index contributed by atoms with van der Waals surface area (Å²) in [7, 11) is 0. The Morgan fingerprint density at radius 3 is 2.66 bits per heavy atom. The quantitative estimate of drug-likeness (QED) is 0.562. The van der Waals surface area contributed by atoms with Crippen molar-refractivity contribution in [3.05, 3.63) is 57.8 Å². The highest BCUT2D eigenvalue weighted by molar-refractivity contribution is 5.81. The Bertz CT molecular complexity index is 1110. The Morgan fingerprint density at radius 2 is 2.03 bits per heavy atom. The van der Waals surface area contributed by atoms with Gasteiger partial charge in [-0.25, -0.2) is 0 Å². The van der Waals surface area contributed by atoms with Crippen molar-refractivity contribution in [1.29, 1.82) is 0 Å². The molecule has 1 aliphatic heterocycles. The van der Waals surface area contributed by atoms with E-state index in [1.54, 1.807) is 18.5 Å². The predicted octanol–water partition coefficient (Wildman–Crippen LogP) is 3.00. The lowest BCUT2D eigenvalue weighted by Gasteiger charge is -2.36. The van der Waals surface area contributed by atoms with Crippen molar-refractivity contribution in [3.63, 3.8) is 0 Å². The van der Waals surface area contributed by atoms with E-state index in [4.69, 9.17) is 4.74 Å². The van der Waals surface area contributed by atoms with Crippen molar-refractivity contribution in [3.8, 4) is 0 Å². The Labute approximate surface area is 206 Å². The number of ether oxygens (including phenoxy) is 1. The molecule has 0 saturated carbocycles. The van der Waals surface area contributed by atoms with E-state index in [9.17, 15) is 19.5 Å². The molecule has 190 valence electrons. The lowest BCUT2D eigenvalue weighted by molar-refractivity contribution is -0.138. The molecule has 0 aliphatic carbocycles. The molecular weight excluding hydrogens is 448 g/mol. The van der Waals surface area contributed by atoms with Crippen LogP contribution in [0, 0.1) is 19.8 Å². The van der Waals surface area contributed by atoms with E-state index in [-0.39, 0.29) is 23.9 Å². The Kier molecular flexibility index (Phi) is 8.67. The second-order valence-electron chi connectivity index (χ2n) is 9.74. The lowest BCUT2D eigenvalue weighted by atomic mass is 10.00. The molecule has 0 spiro atoms. The number of pyridine rings is 2. The van der Waals surface area contributed by atoms with Gasteiger partial charge in [0.05, 0.1) is 37.1 Å². The topological polar surface area (TPSA) is 114 Å². The monoisotopic (exact) mass is 484 g/mol. The largest absolute Gasteiger partial charge is 0.481 e. The Morgan fingerprint density at radius 1 is 1.29 bits per heavy atom. The van der Waals surface area contributed by atoms with Crippen molar-refractivity contribution < 1.29 is 19.4 Å². The number of hydrogen-bond acceptors (Lipinski definition) is 6. The minimum atomic E-state index is -1.04. The zero-order chi connectivity index (χ0) is 25.7. The van der Waals surface area contributed by atoms with Gasteiger partial charge in [-0.3, -0.25) is 19.4 Å². The first kappa shape index (κ1) is 26.4. The van der Waals surface area contributed by atoms with Gasteiger partial charge in [-0.15, -0.1) is 0 Å². The van der Waals surface area contributed by atoms with E-state index >= 15 is 0 Å². The molecule has 1 amide bonds. The number of amides is 1. The minimum absolute atomic E-state index is 0.146. The zero-order valence-corrected chi connectivity index (χ0v) is 21.2. The third kappa shape index (κ3) is 6.69. The van der Waals surface area contributed by atoms with Gasteiger partial charge in [0.15, 0.2) is 0 Å². The number of aryl methyl sites for hydroxylation is 2. The fraction of sp³-hybridized carbons (Fsp3) is 0.538. The van der Waals surface area contributed by atoms with Crippen molar-refractivity contribution in [2.45, 2.75) is 65.6 Å². The van der Waals surface area contributed by atoms with Crippen LogP contribution in [0.2, 0.25) is 0 Å². The highest BCUT2D eigenvalue weighted by atomic mass is 16.5. The fourth-order valence-electron chi connectivity index (χ4n) is 4.44. The second-order valence-corrected chi connectivity index (χ2v) is 9.74. The highest BCUT2D eigenvalue weighted by Gasteiger charge is 2.28. The van der Waals surface area contributed by atoms with Crippen molar-refractivity contribution in [2.24, 2.45) is 5.92 Å².